The monoisotopic (exact) mass is 363 g/mol. The number of carbonyl (C=O) groups is 2. The summed E-state index contributed by atoms with van der Waals surface area (Å²) in [5, 5.41) is 6.85. The van der Waals surface area contributed by atoms with Crippen molar-refractivity contribution in [1.82, 2.24) is 5.43 Å². The second-order valence-corrected chi connectivity index (χ2v) is 6.40. The summed E-state index contributed by atoms with van der Waals surface area (Å²) < 4.78 is 0. The number of amides is 2. The zero-order valence-electron chi connectivity index (χ0n) is 16.0. The van der Waals surface area contributed by atoms with Crippen molar-refractivity contribution < 1.29 is 9.59 Å². The van der Waals surface area contributed by atoms with Crippen LogP contribution in [0.5, 0.6) is 0 Å². The van der Waals surface area contributed by atoms with Gasteiger partial charge in [-0.25, -0.2) is 5.43 Å². The molecule has 27 heavy (non-hydrogen) atoms. The molecular weight excluding hydrogens is 338 g/mol. The van der Waals surface area contributed by atoms with Gasteiger partial charge in [0.2, 0.25) is 11.8 Å². The number of rotatable bonds is 7. The number of hydrogen-bond donors (Lipinski definition) is 2. The van der Waals surface area contributed by atoms with Gasteiger partial charge in [-0.05, 0) is 44.0 Å². The van der Waals surface area contributed by atoms with Gasteiger partial charge in [0, 0.05) is 18.5 Å². The average Bonchev–Trinajstić information content (AvgIpc) is 2.66. The van der Waals surface area contributed by atoms with E-state index in [0.717, 1.165) is 22.4 Å². The van der Waals surface area contributed by atoms with Crippen molar-refractivity contribution in [3.05, 3.63) is 71.3 Å². The van der Waals surface area contributed by atoms with Gasteiger partial charge in [0.1, 0.15) is 0 Å². The van der Waals surface area contributed by atoms with Crippen LogP contribution in [-0.2, 0) is 9.59 Å². The Hall–Kier alpha value is -3.21. The number of aryl methyl sites for hydroxylation is 2. The molecule has 0 heterocycles. The number of benzene rings is 2. The first-order chi connectivity index (χ1) is 12.9. The van der Waals surface area contributed by atoms with E-state index < -0.39 is 0 Å². The summed E-state index contributed by atoms with van der Waals surface area (Å²) in [4.78, 5) is 23.9. The lowest BCUT2D eigenvalue weighted by atomic mass is 10.1. The SMILES string of the molecule is CC(C=Cc1ccccc1)=NNC(=O)CCC(=O)Nc1ccc(C)cc1C. The van der Waals surface area contributed by atoms with Gasteiger partial charge in [0.05, 0.1) is 5.71 Å². The lowest BCUT2D eigenvalue weighted by Crippen LogP contribution is -2.21. The molecule has 0 unspecified atom stereocenters. The Bertz CT molecular complexity index is 855. The van der Waals surface area contributed by atoms with Crippen LogP contribution in [0.2, 0.25) is 0 Å². The van der Waals surface area contributed by atoms with Crippen molar-refractivity contribution in [3.63, 3.8) is 0 Å². The number of anilines is 1. The van der Waals surface area contributed by atoms with Gasteiger partial charge in [-0.2, -0.15) is 5.10 Å². The minimum atomic E-state index is -0.293. The first-order valence-electron chi connectivity index (χ1n) is 8.87. The Morgan fingerprint density at radius 3 is 2.41 bits per heavy atom. The largest absolute Gasteiger partial charge is 0.326 e. The number of carbonyl (C=O) groups excluding carboxylic acids is 2. The molecule has 0 saturated heterocycles. The molecule has 0 aliphatic rings. The highest BCUT2D eigenvalue weighted by Crippen LogP contribution is 2.16. The highest BCUT2D eigenvalue weighted by atomic mass is 16.2. The molecule has 0 fully saturated rings. The number of hydrazone groups is 1. The number of allylic oxidation sites excluding steroid dienone is 1. The molecule has 0 aliphatic carbocycles. The fourth-order valence-corrected chi connectivity index (χ4v) is 2.42. The van der Waals surface area contributed by atoms with E-state index in [0.29, 0.717) is 5.71 Å². The maximum atomic E-state index is 12.0. The lowest BCUT2D eigenvalue weighted by molar-refractivity contribution is -0.124. The Kier molecular flexibility index (Phi) is 7.49. The molecule has 0 spiro atoms. The van der Waals surface area contributed by atoms with Crippen LogP contribution >= 0.6 is 0 Å². The molecule has 0 aliphatic heterocycles. The number of hydrogen-bond acceptors (Lipinski definition) is 3. The molecule has 0 bridgehead atoms. The highest BCUT2D eigenvalue weighted by Gasteiger charge is 2.08. The first-order valence-corrected chi connectivity index (χ1v) is 8.87. The van der Waals surface area contributed by atoms with Crippen molar-refractivity contribution in [1.29, 1.82) is 0 Å². The minimum Gasteiger partial charge on any atom is -0.326 e. The van der Waals surface area contributed by atoms with Crippen LogP contribution in [0.15, 0.2) is 59.7 Å². The summed E-state index contributed by atoms with van der Waals surface area (Å²) in [6.45, 7) is 5.74. The normalized spacial score (nSPS) is 11.4. The van der Waals surface area contributed by atoms with Crippen LogP contribution in [0.3, 0.4) is 0 Å². The lowest BCUT2D eigenvalue weighted by Gasteiger charge is -2.08. The van der Waals surface area contributed by atoms with Gasteiger partial charge in [-0.15, -0.1) is 0 Å². The van der Waals surface area contributed by atoms with Crippen molar-refractivity contribution >= 4 is 29.3 Å². The second-order valence-electron chi connectivity index (χ2n) is 6.40. The Morgan fingerprint density at radius 1 is 1.00 bits per heavy atom. The van der Waals surface area contributed by atoms with Gasteiger partial charge in [-0.3, -0.25) is 9.59 Å². The van der Waals surface area contributed by atoms with E-state index >= 15 is 0 Å². The van der Waals surface area contributed by atoms with E-state index in [1.165, 1.54) is 0 Å². The van der Waals surface area contributed by atoms with Crippen molar-refractivity contribution in [2.45, 2.75) is 33.6 Å². The van der Waals surface area contributed by atoms with Gasteiger partial charge in [0.25, 0.3) is 0 Å². The molecule has 0 atom stereocenters. The summed E-state index contributed by atoms with van der Waals surface area (Å²) in [5.41, 5.74) is 7.11. The molecular formula is C22H25N3O2. The summed E-state index contributed by atoms with van der Waals surface area (Å²) in [6.07, 6.45) is 3.92. The van der Waals surface area contributed by atoms with Crippen molar-refractivity contribution in [3.8, 4) is 0 Å². The molecule has 5 nitrogen and oxygen atoms in total. The molecule has 5 heteroatoms. The predicted molar refractivity (Wildman–Crippen MR) is 111 cm³/mol. The van der Waals surface area contributed by atoms with Gasteiger partial charge in [-0.1, -0.05) is 54.1 Å². The van der Waals surface area contributed by atoms with E-state index in [9.17, 15) is 9.59 Å². The van der Waals surface area contributed by atoms with E-state index in [2.05, 4.69) is 15.8 Å². The average molecular weight is 363 g/mol. The zero-order valence-corrected chi connectivity index (χ0v) is 16.0. The molecule has 2 N–H and O–H groups in total. The maximum absolute atomic E-state index is 12.0. The summed E-state index contributed by atoms with van der Waals surface area (Å²) in [5.74, 6) is -0.486. The van der Waals surface area contributed by atoms with Crippen LogP contribution in [0.4, 0.5) is 5.69 Å². The van der Waals surface area contributed by atoms with Crippen molar-refractivity contribution in [2.75, 3.05) is 5.32 Å². The molecule has 2 amide bonds. The van der Waals surface area contributed by atoms with E-state index in [1.54, 1.807) is 6.92 Å². The van der Waals surface area contributed by atoms with E-state index in [1.807, 2.05) is 74.5 Å². The van der Waals surface area contributed by atoms with Crippen LogP contribution in [0, 0.1) is 13.8 Å². The third kappa shape index (κ3) is 7.28. The molecule has 140 valence electrons. The fourth-order valence-electron chi connectivity index (χ4n) is 2.42. The molecule has 2 aromatic carbocycles. The first kappa shape index (κ1) is 20.1. The van der Waals surface area contributed by atoms with E-state index in [4.69, 9.17) is 0 Å². The number of nitrogens with zero attached hydrogens (tertiary/aromatic N) is 1. The topological polar surface area (TPSA) is 70.6 Å². The molecule has 0 saturated carbocycles. The maximum Gasteiger partial charge on any atom is 0.240 e. The van der Waals surface area contributed by atoms with Gasteiger partial charge < -0.3 is 5.32 Å². The minimum absolute atomic E-state index is 0.0793. The predicted octanol–water partition coefficient (Wildman–Crippen LogP) is 4.23. The van der Waals surface area contributed by atoms with Crippen molar-refractivity contribution in [2.24, 2.45) is 5.10 Å². The molecule has 0 aromatic heterocycles. The van der Waals surface area contributed by atoms with E-state index in [-0.39, 0.29) is 24.7 Å². The standard InChI is InChI=1S/C22H25N3O2/c1-16-9-12-20(17(2)15-16)23-21(26)13-14-22(27)25-24-18(3)10-11-19-7-5-4-6-8-19/h4-12,15H,13-14H2,1-3H3,(H,23,26)(H,25,27). The van der Waals surface area contributed by atoms with Crippen LogP contribution in [0.25, 0.3) is 6.08 Å². The Morgan fingerprint density at radius 2 is 1.70 bits per heavy atom. The Balaban J connectivity index is 1.76. The smallest absolute Gasteiger partial charge is 0.240 e. The third-order valence-electron chi connectivity index (χ3n) is 3.91. The second kappa shape index (κ2) is 10.1. The van der Waals surface area contributed by atoms with Gasteiger partial charge in [0.15, 0.2) is 0 Å². The van der Waals surface area contributed by atoms with Crippen LogP contribution < -0.4 is 10.7 Å². The number of nitrogens with one attached hydrogen (secondary N) is 2. The van der Waals surface area contributed by atoms with Gasteiger partial charge >= 0.3 is 0 Å². The molecule has 2 rings (SSSR count). The quantitative estimate of drug-likeness (QED) is 0.571. The summed E-state index contributed by atoms with van der Waals surface area (Å²) >= 11 is 0. The van der Waals surface area contributed by atoms with Crippen LogP contribution in [0.1, 0.15) is 36.5 Å². The zero-order chi connectivity index (χ0) is 19.6. The fraction of sp³-hybridized carbons (Fsp3) is 0.227. The third-order valence-corrected chi connectivity index (χ3v) is 3.91. The van der Waals surface area contributed by atoms with Crippen LogP contribution in [-0.4, -0.2) is 17.5 Å². The highest BCUT2D eigenvalue weighted by molar-refractivity contribution is 5.97. The Labute approximate surface area is 160 Å². The summed E-state index contributed by atoms with van der Waals surface area (Å²) in [6, 6.07) is 15.6. The molecule has 0 radical (unpaired) electrons. The summed E-state index contributed by atoms with van der Waals surface area (Å²) in [7, 11) is 0. The molecule has 2 aromatic rings.